The van der Waals surface area contributed by atoms with Crippen molar-refractivity contribution in [1.29, 1.82) is 0 Å². The van der Waals surface area contributed by atoms with E-state index in [-0.39, 0.29) is 5.56 Å². The topological polar surface area (TPSA) is 52.3 Å². The summed E-state index contributed by atoms with van der Waals surface area (Å²) >= 11 is 0. The van der Waals surface area contributed by atoms with Crippen LogP contribution in [0.2, 0.25) is 0 Å². The molecule has 44 valence electrons. The minimum absolute atomic E-state index is 0.269. The molecule has 0 atom stereocenters. The maximum Gasteiger partial charge on any atom is 0.295 e. The molecule has 1 aromatic rings. The molecule has 9 heavy (non-hydrogen) atoms. The number of hydrogen-bond donors (Lipinski definition) is 0. The molecular formula is C6H4N2O. The second-order valence-electron chi connectivity index (χ2n) is 1.54. The maximum atomic E-state index is 10.2. The van der Waals surface area contributed by atoms with E-state index < -0.39 is 5.91 Å². The Morgan fingerprint density at radius 1 is 1.44 bits per heavy atom. The van der Waals surface area contributed by atoms with Gasteiger partial charge in [-0.25, -0.2) is 0 Å². The second kappa shape index (κ2) is 2.26. The first kappa shape index (κ1) is 5.75. The highest BCUT2D eigenvalue weighted by Crippen LogP contribution is 1.92. The van der Waals surface area contributed by atoms with Crippen molar-refractivity contribution in [2.45, 2.75) is 0 Å². The van der Waals surface area contributed by atoms with Crippen LogP contribution >= 0.6 is 0 Å². The van der Waals surface area contributed by atoms with Gasteiger partial charge in [0.2, 0.25) is 0 Å². The van der Waals surface area contributed by atoms with E-state index in [1.54, 1.807) is 0 Å². The summed E-state index contributed by atoms with van der Waals surface area (Å²) in [6.45, 7) is 0. The molecule has 0 aliphatic carbocycles. The molecular weight excluding hydrogens is 116 g/mol. The molecule has 3 heteroatoms. The molecule has 0 aromatic carbocycles. The Labute approximate surface area is 52.5 Å². The largest absolute Gasteiger partial charge is 0.295 e. The highest BCUT2D eigenvalue weighted by molar-refractivity contribution is 5.91. The summed E-state index contributed by atoms with van der Waals surface area (Å²) in [6, 6.07) is 2.89. The summed E-state index contributed by atoms with van der Waals surface area (Å²) < 4.78 is 0. The van der Waals surface area contributed by atoms with E-state index in [0.717, 1.165) is 0 Å². The summed E-state index contributed by atoms with van der Waals surface area (Å²) in [5.41, 5.74) is 8.63. The van der Waals surface area contributed by atoms with Crippen molar-refractivity contribution in [2.75, 3.05) is 0 Å². The van der Waals surface area contributed by atoms with Gasteiger partial charge in [0.25, 0.3) is 5.91 Å². The Hall–Kier alpha value is -1.38. The Morgan fingerprint density at radius 3 is 2.33 bits per heavy atom. The van der Waals surface area contributed by atoms with Gasteiger partial charge in [0.1, 0.15) is 0 Å². The molecule has 0 aliphatic heterocycles. The molecule has 1 rings (SSSR count). The fraction of sp³-hybridized carbons (Fsp3) is 0. The first-order valence-electron chi connectivity index (χ1n) is 2.44. The number of nitrogens with zero attached hydrogens (tertiary/aromatic N) is 2. The Balaban J connectivity index is 2.98. The first-order chi connectivity index (χ1) is 4.30. The number of carbonyl (C=O) groups excluding carboxylic acids is 1. The summed E-state index contributed by atoms with van der Waals surface area (Å²) in [5, 5.41) is 0. The van der Waals surface area contributed by atoms with Crippen LogP contribution in [0.25, 0.3) is 0 Å². The van der Waals surface area contributed by atoms with Gasteiger partial charge >= 0.3 is 0 Å². The molecule has 0 bridgehead atoms. The van der Waals surface area contributed by atoms with Gasteiger partial charge < -0.3 is 0 Å². The van der Waals surface area contributed by atoms with Gasteiger partial charge in [-0.3, -0.25) is 9.78 Å². The van der Waals surface area contributed by atoms with Crippen molar-refractivity contribution in [3.05, 3.63) is 30.1 Å². The van der Waals surface area contributed by atoms with Crippen LogP contribution in [0.5, 0.6) is 0 Å². The highest BCUT2D eigenvalue weighted by atomic mass is 16.1. The average molecular weight is 120 g/mol. The maximum absolute atomic E-state index is 10.2. The predicted octanol–water partition coefficient (Wildman–Crippen LogP) is 0.290. The van der Waals surface area contributed by atoms with E-state index in [9.17, 15) is 4.79 Å². The number of carbonyl (C=O) groups is 1. The molecule has 0 spiro atoms. The fourth-order valence-corrected chi connectivity index (χ4v) is 0.494. The van der Waals surface area contributed by atoms with Crippen molar-refractivity contribution in [2.24, 2.45) is 0 Å². The second-order valence-corrected chi connectivity index (χ2v) is 1.54. The van der Waals surface area contributed by atoms with Gasteiger partial charge in [-0.1, -0.05) is 0 Å². The van der Waals surface area contributed by atoms with E-state index in [2.05, 4.69) is 4.98 Å². The number of pyridine rings is 1. The van der Waals surface area contributed by atoms with Gasteiger partial charge in [0.05, 0.1) is 0 Å². The number of rotatable bonds is 1. The van der Waals surface area contributed by atoms with Gasteiger partial charge in [0, 0.05) is 18.0 Å². The monoisotopic (exact) mass is 120 g/mol. The molecule has 0 N–H and O–H groups in total. The molecule has 1 heterocycles. The Morgan fingerprint density at radius 2 is 2.00 bits per heavy atom. The lowest BCUT2D eigenvalue weighted by atomic mass is 10.3. The average Bonchev–Trinajstić information content (AvgIpc) is 1.90. The highest BCUT2D eigenvalue weighted by Gasteiger charge is 1.97. The molecule has 3 nitrogen and oxygen atoms in total. The number of hydrogen-bond acceptors (Lipinski definition) is 2. The number of aromatic nitrogens is 1. The molecule has 0 fully saturated rings. The Bertz CT molecular complexity index is 208. The van der Waals surface area contributed by atoms with Crippen LogP contribution in [-0.4, -0.2) is 10.9 Å². The van der Waals surface area contributed by atoms with Crippen LogP contribution in [0, 0.1) is 0 Å². The lowest BCUT2D eigenvalue weighted by Gasteiger charge is -1.86. The molecule has 1 amide bonds. The van der Waals surface area contributed by atoms with E-state index in [0.29, 0.717) is 0 Å². The molecule has 2 radical (unpaired) electrons. The first-order valence-corrected chi connectivity index (χ1v) is 2.44. The van der Waals surface area contributed by atoms with Gasteiger partial charge in [-0.2, -0.15) is 0 Å². The summed E-state index contributed by atoms with van der Waals surface area (Å²) in [4.78, 5) is 13.8. The standard InChI is InChI=1S/C6H4N2O/c7-6(9)5-1-3-8-4-2-5/h1-4H. The van der Waals surface area contributed by atoms with E-state index in [1.165, 1.54) is 24.5 Å². The predicted molar refractivity (Wildman–Crippen MR) is 30.7 cm³/mol. The third kappa shape index (κ3) is 1.25. The van der Waals surface area contributed by atoms with Crippen LogP contribution in [0.15, 0.2) is 24.5 Å². The minimum Gasteiger partial charge on any atom is -0.265 e. The van der Waals surface area contributed by atoms with Crippen LogP contribution < -0.4 is 5.73 Å². The minimum atomic E-state index is -0.919. The summed E-state index contributed by atoms with van der Waals surface area (Å²) in [5.74, 6) is -0.919. The van der Waals surface area contributed by atoms with Crippen molar-refractivity contribution in [3.63, 3.8) is 0 Å². The van der Waals surface area contributed by atoms with Crippen molar-refractivity contribution in [3.8, 4) is 0 Å². The van der Waals surface area contributed by atoms with Gasteiger partial charge in [0.15, 0.2) is 0 Å². The molecule has 0 unspecified atom stereocenters. The van der Waals surface area contributed by atoms with E-state index in [1.807, 2.05) is 0 Å². The quantitative estimate of drug-likeness (QED) is 0.534. The van der Waals surface area contributed by atoms with Crippen LogP contribution in [0.1, 0.15) is 10.4 Å². The zero-order chi connectivity index (χ0) is 6.69. The summed E-state index contributed by atoms with van der Waals surface area (Å²) in [6.07, 6.45) is 2.90. The zero-order valence-corrected chi connectivity index (χ0v) is 4.61. The molecule has 0 saturated heterocycles. The lowest BCUT2D eigenvalue weighted by molar-refractivity contribution is 0.0992. The van der Waals surface area contributed by atoms with Crippen LogP contribution in [0.4, 0.5) is 0 Å². The Kier molecular flexibility index (Phi) is 1.44. The fourth-order valence-electron chi connectivity index (χ4n) is 0.494. The third-order valence-corrected chi connectivity index (χ3v) is 0.927. The molecule has 0 saturated carbocycles. The SMILES string of the molecule is [N]C(=O)c1ccncc1. The van der Waals surface area contributed by atoms with Crippen LogP contribution in [0.3, 0.4) is 0 Å². The number of amides is 1. The lowest BCUT2D eigenvalue weighted by Crippen LogP contribution is -1.97. The normalized spacial score (nSPS) is 8.89. The van der Waals surface area contributed by atoms with Gasteiger partial charge in [-0.05, 0) is 12.1 Å². The van der Waals surface area contributed by atoms with Crippen molar-refractivity contribution in [1.82, 2.24) is 10.7 Å². The van der Waals surface area contributed by atoms with E-state index >= 15 is 0 Å². The zero-order valence-electron chi connectivity index (χ0n) is 4.61. The van der Waals surface area contributed by atoms with Gasteiger partial charge in [-0.15, -0.1) is 5.73 Å². The van der Waals surface area contributed by atoms with Crippen molar-refractivity contribution < 1.29 is 4.79 Å². The molecule has 0 aliphatic rings. The van der Waals surface area contributed by atoms with Crippen LogP contribution in [-0.2, 0) is 0 Å². The summed E-state index contributed by atoms with van der Waals surface area (Å²) in [7, 11) is 0. The van der Waals surface area contributed by atoms with Crippen molar-refractivity contribution >= 4 is 5.91 Å². The smallest absolute Gasteiger partial charge is 0.265 e. The third-order valence-electron chi connectivity index (χ3n) is 0.927. The molecule has 1 aromatic heterocycles. The van der Waals surface area contributed by atoms with E-state index in [4.69, 9.17) is 5.73 Å².